The fourth-order valence-electron chi connectivity index (χ4n) is 2.15. The fraction of sp³-hybridized carbons (Fsp3) is 0.600. The predicted octanol–water partition coefficient (Wildman–Crippen LogP) is 4.60. The molecule has 0 aliphatic rings. The lowest BCUT2D eigenvalue weighted by Gasteiger charge is -2.30. The van der Waals surface area contributed by atoms with Gasteiger partial charge in [0.25, 0.3) is 0 Å². The van der Waals surface area contributed by atoms with Crippen molar-refractivity contribution in [2.45, 2.75) is 44.3 Å². The van der Waals surface area contributed by atoms with E-state index in [-0.39, 0.29) is 10.5 Å². The zero-order chi connectivity index (χ0) is 15.9. The summed E-state index contributed by atoms with van der Waals surface area (Å²) in [5.74, 6) is -0.177. The Labute approximate surface area is 128 Å². The Morgan fingerprint density at radius 3 is 2.38 bits per heavy atom. The summed E-state index contributed by atoms with van der Waals surface area (Å²) >= 11 is 1.83. The molecule has 0 saturated carbocycles. The van der Waals surface area contributed by atoms with Gasteiger partial charge in [0.05, 0.1) is 0 Å². The zero-order valence-corrected chi connectivity index (χ0v) is 13.4. The summed E-state index contributed by atoms with van der Waals surface area (Å²) in [6.07, 6.45) is -0.458. The van der Waals surface area contributed by atoms with Crippen molar-refractivity contribution in [2.75, 3.05) is 12.8 Å². The highest BCUT2D eigenvalue weighted by atomic mass is 32.2. The standard InChI is InChI=1S/C15H22F3NOS/c1-4-14(5-2,21-3)11-19-10-12-7-6-8-13(9-12)20-15(16,17)18/h6-9,19H,4-5,10-11H2,1-3H3. The van der Waals surface area contributed by atoms with Crippen molar-refractivity contribution in [3.05, 3.63) is 29.8 Å². The first kappa shape index (κ1) is 18.2. The Hall–Kier alpha value is -0.880. The van der Waals surface area contributed by atoms with Crippen LogP contribution in [-0.4, -0.2) is 23.9 Å². The van der Waals surface area contributed by atoms with Crippen LogP contribution in [0.5, 0.6) is 5.75 Å². The van der Waals surface area contributed by atoms with Crippen molar-refractivity contribution in [3.8, 4) is 5.75 Å². The van der Waals surface area contributed by atoms with Crippen LogP contribution in [0.3, 0.4) is 0 Å². The van der Waals surface area contributed by atoms with Crippen molar-refractivity contribution < 1.29 is 17.9 Å². The minimum absolute atomic E-state index is 0.177. The molecule has 0 aliphatic carbocycles. The van der Waals surface area contributed by atoms with Gasteiger partial charge in [-0.2, -0.15) is 11.8 Å². The van der Waals surface area contributed by atoms with Crippen molar-refractivity contribution >= 4 is 11.8 Å². The monoisotopic (exact) mass is 321 g/mol. The van der Waals surface area contributed by atoms with Gasteiger partial charge in [0.2, 0.25) is 0 Å². The number of hydrogen-bond donors (Lipinski definition) is 1. The second-order valence-electron chi connectivity index (χ2n) is 4.89. The highest BCUT2D eigenvalue weighted by Crippen LogP contribution is 2.29. The first-order valence-corrected chi connectivity index (χ1v) is 8.17. The lowest BCUT2D eigenvalue weighted by atomic mass is 10.0. The summed E-state index contributed by atoms with van der Waals surface area (Å²) in [5.41, 5.74) is 0.777. The van der Waals surface area contributed by atoms with Crippen LogP contribution in [0.1, 0.15) is 32.3 Å². The predicted molar refractivity (Wildman–Crippen MR) is 81.7 cm³/mol. The number of thioether (sulfide) groups is 1. The minimum Gasteiger partial charge on any atom is -0.406 e. The molecule has 0 unspecified atom stereocenters. The molecule has 6 heteroatoms. The van der Waals surface area contributed by atoms with Gasteiger partial charge in [-0.1, -0.05) is 26.0 Å². The first-order valence-electron chi connectivity index (χ1n) is 6.94. The molecule has 0 aromatic heterocycles. The number of nitrogens with one attached hydrogen (secondary N) is 1. The van der Waals surface area contributed by atoms with E-state index in [0.717, 1.165) is 24.9 Å². The molecule has 1 aromatic carbocycles. The van der Waals surface area contributed by atoms with Crippen LogP contribution in [-0.2, 0) is 6.54 Å². The third-order valence-corrected chi connectivity index (χ3v) is 5.22. The van der Waals surface area contributed by atoms with Crippen molar-refractivity contribution in [2.24, 2.45) is 0 Å². The molecule has 21 heavy (non-hydrogen) atoms. The molecule has 0 aliphatic heterocycles. The molecule has 1 N–H and O–H groups in total. The highest BCUT2D eigenvalue weighted by molar-refractivity contribution is 8.00. The summed E-state index contributed by atoms with van der Waals surface area (Å²) in [6, 6.07) is 6.08. The van der Waals surface area contributed by atoms with Crippen LogP contribution in [0.4, 0.5) is 13.2 Å². The smallest absolute Gasteiger partial charge is 0.406 e. The van der Waals surface area contributed by atoms with E-state index in [1.165, 1.54) is 12.1 Å². The molecule has 1 rings (SSSR count). The maximum absolute atomic E-state index is 12.2. The number of rotatable bonds is 8. The third-order valence-electron chi connectivity index (χ3n) is 3.63. The van der Waals surface area contributed by atoms with E-state index in [2.05, 4.69) is 30.2 Å². The van der Waals surface area contributed by atoms with Crippen molar-refractivity contribution in [1.29, 1.82) is 0 Å². The number of hydrogen-bond acceptors (Lipinski definition) is 3. The van der Waals surface area contributed by atoms with Crippen LogP contribution in [0.15, 0.2) is 24.3 Å². The van der Waals surface area contributed by atoms with E-state index < -0.39 is 6.36 Å². The minimum atomic E-state index is -4.65. The number of benzene rings is 1. The molecule has 120 valence electrons. The average molecular weight is 321 g/mol. The molecule has 0 heterocycles. The number of ether oxygens (including phenoxy) is 1. The van der Waals surface area contributed by atoms with E-state index in [0.29, 0.717) is 6.54 Å². The zero-order valence-electron chi connectivity index (χ0n) is 12.6. The maximum Gasteiger partial charge on any atom is 0.573 e. The van der Waals surface area contributed by atoms with Crippen LogP contribution in [0.25, 0.3) is 0 Å². The summed E-state index contributed by atoms with van der Waals surface area (Å²) in [6.45, 7) is 5.65. The molecular formula is C15H22F3NOS. The molecule has 0 spiro atoms. The average Bonchev–Trinajstić information content (AvgIpc) is 2.43. The maximum atomic E-state index is 12.2. The number of alkyl halides is 3. The van der Waals surface area contributed by atoms with E-state index in [1.807, 2.05) is 11.8 Å². The van der Waals surface area contributed by atoms with E-state index in [9.17, 15) is 13.2 Å². The molecular weight excluding hydrogens is 299 g/mol. The largest absolute Gasteiger partial charge is 0.573 e. The highest BCUT2D eigenvalue weighted by Gasteiger charge is 2.31. The van der Waals surface area contributed by atoms with Gasteiger partial charge < -0.3 is 10.1 Å². The lowest BCUT2D eigenvalue weighted by molar-refractivity contribution is -0.274. The molecule has 0 radical (unpaired) electrons. The van der Waals surface area contributed by atoms with Gasteiger partial charge in [-0.05, 0) is 36.8 Å². The van der Waals surface area contributed by atoms with Gasteiger partial charge in [-0.15, -0.1) is 13.2 Å². The van der Waals surface area contributed by atoms with Gasteiger partial charge in [0, 0.05) is 17.8 Å². The van der Waals surface area contributed by atoms with Crippen molar-refractivity contribution in [1.82, 2.24) is 5.32 Å². The van der Waals surface area contributed by atoms with Gasteiger partial charge >= 0.3 is 6.36 Å². The normalized spacial score (nSPS) is 12.5. The van der Waals surface area contributed by atoms with Gasteiger partial charge in [-0.25, -0.2) is 0 Å². The van der Waals surface area contributed by atoms with Crippen molar-refractivity contribution in [3.63, 3.8) is 0 Å². The summed E-state index contributed by atoms with van der Waals surface area (Å²) < 4.78 is 40.6. The molecule has 0 fully saturated rings. The summed E-state index contributed by atoms with van der Waals surface area (Å²) in [7, 11) is 0. The second-order valence-corrected chi connectivity index (χ2v) is 6.17. The number of halogens is 3. The topological polar surface area (TPSA) is 21.3 Å². The Kier molecular flexibility index (Phi) is 6.87. The Balaban J connectivity index is 2.58. The van der Waals surface area contributed by atoms with Crippen LogP contribution in [0, 0.1) is 0 Å². The quantitative estimate of drug-likeness (QED) is 0.756. The van der Waals surface area contributed by atoms with Crippen LogP contribution < -0.4 is 10.1 Å². The summed E-state index contributed by atoms with van der Waals surface area (Å²) in [5, 5.41) is 3.33. The molecule has 0 amide bonds. The van der Waals surface area contributed by atoms with Crippen LogP contribution in [0.2, 0.25) is 0 Å². The molecule has 0 atom stereocenters. The molecule has 1 aromatic rings. The summed E-state index contributed by atoms with van der Waals surface area (Å²) in [4.78, 5) is 0. The second kappa shape index (κ2) is 7.94. The Bertz CT molecular complexity index is 425. The first-order chi connectivity index (χ1) is 9.84. The van der Waals surface area contributed by atoms with Crippen LogP contribution >= 0.6 is 11.8 Å². The lowest BCUT2D eigenvalue weighted by Crippen LogP contribution is -2.36. The molecule has 0 bridgehead atoms. The van der Waals surface area contributed by atoms with Gasteiger partial charge in [0.15, 0.2) is 0 Å². The third kappa shape index (κ3) is 6.18. The van der Waals surface area contributed by atoms with Gasteiger partial charge in [-0.3, -0.25) is 0 Å². The Morgan fingerprint density at radius 2 is 1.86 bits per heavy atom. The molecule has 2 nitrogen and oxygen atoms in total. The SMILES string of the molecule is CCC(CC)(CNCc1cccc(OC(F)(F)F)c1)SC. The fourth-order valence-corrected chi connectivity index (χ4v) is 2.97. The van der Waals surface area contributed by atoms with E-state index in [4.69, 9.17) is 0 Å². The Morgan fingerprint density at radius 1 is 1.19 bits per heavy atom. The van der Waals surface area contributed by atoms with Gasteiger partial charge in [0.1, 0.15) is 5.75 Å². The van der Waals surface area contributed by atoms with E-state index in [1.54, 1.807) is 12.1 Å². The van der Waals surface area contributed by atoms with E-state index >= 15 is 0 Å². The molecule has 0 saturated heterocycles.